The number of thiophene rings is 1. The minimum atomic E-state index is 0.304. The summed E-state index contributed by atoms with van der Waals surface area (Å²) in [5.74, 6) is 1.35. The Hall–Kier alpha value is -1.38. The van der Waals surface area contributed by atoms with Crippen molar-refractivity contribution >= 4 is 38.5 Å². The highest BCUT2D eigenvalue weighted by Crippen LogP contribution is 2.44. The lowest BCUT2D eigenvalue weighted by Crippen LogP contribution is -2.26. The molecule has 1 aliphatic carbocycles. The molecule has 1 atom stereocenters. The maximum atomic E-state index is 9.54. The molecule has 0 bridgehead atoms. The van der Waals surface area contributed by atoms with Crippen molar-refractivity contribution < 1.29 is 4.42 Å². The van der Waals surface area contributed by atoms with Crippen molar-refractivity contribution in [1.29, 1.82) is 5.26 Å². The lowest BCUT2D eigenvalue weighted by atomic mass is 9.72. The summed E-state index contributed by atoms with van der Waals surface area (Å²) in [4.78, 5) is 5.84. The second-order valence-electron chi connectivity index (χ2n) is 7.00. The van der Waals surface area contributed by atoms with E-state index in [9.17, 15) is 5.26 Å². The SMILES string of the molecule is CC(C)(C)[C@H]1CCc2c(sc(N=Cc3ccc(Br)o3)c2C#N)C1. The molecule has 0 aliphatic heterocycles. The normalized spacial score (nSPS) is 18.1. The summed E-state index contributed by atoms with van der Waals surface area (Å²) in [5.41, 5.74) is 2.27. The van der Waals surface area contributed by atoms with Gasteiger partial charge in [0.05, 0.1) is 11.8 Å². The van der Waals surface area contributed by atoms with Gasteiger partial charge in [0, 0.05) is 4.88 Å². The largest absolute Gasteiger partial charge is 0.448 e. The van der Waals surface area contributed by atoms with Crippen molar-refractivity contribution in [2.24, 2.45) is 16.3 Å². The van der Waals surface area contributed by atoms with Crippen LogP contribution in [-0.2, 0) is 12.8 Å². The number of halogens is 1. The van der Waals surface area contributed by atoms with Gasteiger partial charge in [0.1, 0.15) is 16.8 Å². The lowest BCUT2D eigenvalue weighted by molar-refractivity contribution is 0.218. The molecular weight excluding hydrogens is 372 g/mol. The lowest BCUT2D eigenvalue weighted by Gasteiger charge is -2.33. The van der Waals surface area contributed by atoms with E-state index in [0.717, 1.165) is 29.8 Å². The molecule has 0 aromatic carbocycles. The summed E-state index contributed by atoms with van der Waals surface area (Å²) in [7, 11) is 0. The number of nitriles is 1. The minimum Gasteiger partial charge on any atom is -0.448 e. The van der Waals surface area contributed by atoms with Gasteiger partial charge in [0.25, 0.3) is 0 Å². The predicted molar refractivity (Wildman–Crippen MR) is 97.7 cm³/mol. The number of nitrogens with zero attached hydrogens (tertiary/aromatic N) is 2. The Kier molecular flexibility index (Phi) is 4.48. The van der Waals surface area contributed by atoms with Crippen LogP contribution < -0.4 is 0 Å². The molecule has 120 valence electrons. The fourth-order valence-corrected chi connectivity index (χ4v) is 4.58. The summed E-state index contributed by atoms with van der Waals surface area (Å²) in [5, 5.41) is 10.3. The Morgan fingerprint density at radius 2 is 2.22 bits per heavy atom. The highest BCUT2D eigenvalue weighted by molar-refractivity contribution is 9.10. The van der Waals surface area contributed by atoms with Crippen LogP contribution in [0.3, 0.4) is 0 Å². The summed E-state index contributed by atoms with van der Waals surface area (Å²) < 4.78 is 6.11. The van der Waals surface area contributed by atoms with Gasteiger partial charge >= 0.3 is 0 Å². The number of aliphatic imine (C=N–C) groups is 1. The molecule has 2 aromatic rings. The molecule has 3 rings (SSSR count). The molecule has 3 nitrogen and oxygen atoms in total. The van der Waals surface area contributed by atoms with E-state index in [2.05, 4.69) is 47.8 Å². The van der Waals surface area contributed by atoms with Crippen LogP contribution >= 0.6 is 27.3 Å². The third-order valence-electron chi connectivity index (χ3n) is 4.49. The molecule has 0 amide bonds. The van der Waals surface area contributed by atoms with E-state index in [4.69, 9.17) is 4.42 Å². The molecule has 0 spiro atoms. The predicted octanol–water partition coefficient (Wildman–Crippen LogP) is 5.88. The van der Waals surface area contributed by atoms with Crippen LogP contribution in [0.4, 0.5) is 5.00 Å². The first-order chi connectivity index (χ1) is 10.9. The van der Waals surface area contributed by atoms with Crippen molar-refractivity contribution in [3.63, 3.8) is 0 Å². The van der Waals surface area contributed by atoms with Crippen LogP contribution in [-0.4, -0.2) is 6.21 Å². The standard InChI is InChI=1S/C18H19BrN2OS/c1-18(2,3)11-4-6-13-14(9-20)17(23-15(13)8-11)21-10-12-5-7-16(19)22-12/h5,7,10-11H,4,6,8H2,1-3H3/t11-/m0/s1. The highest BCUT2D eigenvalue weighted by Gasteiger charge is 2.32. The van der Waals surface area contributed by atoms with Crippen molar-refractivity contribution in [2.45, 2.75) is 40.0 Å². The van der Waals surface area contributed by atoms with Crippen LogP contribution in [0, 0.1) is 22.7 Å². The van der Waals surface area contributed by atoms with Gasteiger partial charge in [-0.15, -0.1) is 11.3 Å². The molecule has 0 saturated heterocycles. The molecule has 2 heterocycles. The summed E-state index contributed by atoms with van der Waals surface area (Å²) in [6.45, 7) is 6.90. The second-order valence-corrected chi connectivity index (χ2v) is 8.87. The van der Waals surface area contributed by atoms with Gasteiger partial charge < -0.3 is 4.42 Å². The van der Waals surface area contributed by atoms with E-state index in [1.165, 1.54) is 10.4 Å². The van der Waals surface area contributed by atoms with Gasteiger partial charge in [0.2, 0.25) is 0 Å². The Bertz CT molecular complexity index is 789. The third-order valence-corrected chi connectivity index (χ3v) is 6.07. The Morgan fingerprint density at radius 1 is 1.43 bits per heavy atom. The maximum absolute atomic E-state index is 9.54. The molecule has 2 aromatic heterocycles. The fourth-order valence-electron chi connectivity index (χ4n) is 3.04. The monoisotopic (exact) mass is 390 g/mol. The molecule has 0 fully saturated rings. The topological polar surface area (TPSA) is 49.3 Å². The van der Waals surface area contributed by atoms with Crippen LogP contribution in [0.2, 0.25) is 0 Å². The summed E-state index contributed by atoms with van der Waals surface area (Å²) in [6.07, 6.45) is 4.87. The quantitative estimate of drug-likeness (QED) is 0.601. The van der Waals surface area contributed by atoms with E-state index < -0.39 is 0 Å². The number of fused-ring (bicyclic) bond motifs is 1. The Labute approximate surface area is 149 Å². The molecule has 0 unspecified atom stereocenters. The molecule has 5 heteroatoms. The molecule has 0 N–H and O–H groups in total. The highest BCUT2D eigenvalue weighted by atomic mass is 79.9. The van der Waals surface area contributed by atoms with Gasteiger partial charge in [0.15, 0.2) is 4.67 Å². The van der Waals surface area contributed by atoms with Crippen molar-refractivity contribution in [3.8, 4) is 6.07 Å². The van der Waals surface area contributed by atoms with Crippen LogP contribution in [0.25, 0.3) is 0 Å². The van der Waals surface area contributed by atoms with Gasteiger partial charge in [-0.3, -0.25) is 0 Å². The van der Waals surface area contributed by atoms with Crippen LogP contribution in [0.5, 0.6) is 0 Å². The minimum absolute atomic E-state index is 0.304. The van der Waals surface area contributed by atoms with E-state index >= 15 is 0 Å². The zero-order valence-corrected chi connectivity index (χ0v) is 15.9. The van der Waals surface area contributed by atoms with Crippen molar-refractivity contribution in [3.05, 3.63) is 38.6 Å². The number of rotatable bonds is 2. The average molecular weight is 391 g/mol. The Balaban J connectivity index is 1.90. The summed E-state index contributed by atoms with van der Waals surface area (Å²) in [6, 6.07) is 6.04. The second kappa shape index (κ2) is 6.26. The van der Waals surface area contributed by atoms with E-state index in [1.807, 2.05) is 12.1 Å². The van der Waals surface area contributed by atoms with Gasteiger partial charge in [-0.25, -0.2) is 4.99 Å². The van der Waals surface area contributed by atoms with Crippen LogP contribution in [0.15, 0.2) is 26.2 Å². The number of hydrogen-bond donors (Lipinski definition) is 0. The van der Waals surface area contributed by atoms with Crippen molar-refractivity contribution in [2.75, 3.05) is 0 Å². The first-order valence-electron chi connectivity index (χ1n) is 7.72. The molecular formula is C18H19BrN2OS. The zero-order valence-electron chi connectivity index (χ0n) is 13.5. The molecule has 0 saturated carbocycles. The van der Waals surface area contributed by atoms with Gasteiger partial charge in [-0.1, -0.05) is 20.8 Å². The summed E-state index contributed by atoms with van der Waals surface area (Å²) >= 11 is 4.94. The van der Waals surface area contributed by atoms with E-state index in [0.29, 0.717) is 21.8 Å². The van der Waals surface area contributed by atoms with E-state index in [1.54, 1.807) is 17.6 Å². The maximum Gasteiger partial charge on any atom is 0.169 e. The smallest absolute Gasteiger partial charge is 0.169 e. The first-order valence-corrected chi connectivity index (χ1v) is 9.33. The van der Waals surface area contributed by atoms with E-state index in [-0.39, 0.29) is 0 Å². The van der Waals surface area contributed by atoms with Gasteiger partial charge in [-0.05, 0) is 64.2 Å². The molecule has 0 radical (unpaired) electrons. The third kappa shape index (κ3) is 3.44. The number of furan rings is 1. The molecule has 1 aliphatic rings. The molecule has 23 heavy (non-hydrogen) atoms. The first kappa shape index (κ1) is 16.5. The van der Waals surface area contributed by atoms with Gasteiger partial charge in [-0.2, -0.15) is 5.26 Å². The van der Waals surface area contributed by atoms with Crippen molar-refractivity contribution in [1.82, 2.24) is 0 Å². The van der Waals surface area contributed by atoms with Crippen LogP contribution in [0.1, 0.15) is 49.0 Å². The zero-order chi connectivity index (χ0) is 16.6. The number of hydrogen-bond acceptors (Lipinski definition) is 4. The average Bonchev–Trinajstić information content (AvgIpc) is 3.06. The Morgan fingerprint density at radius 3 is 2.83 bits per heavy atom. The fraction of sp³-hybridized carbons (Fsp3) is 0.444.